The lowest BCUT2D eigenvalue weighted by molar-refractivity contribution is -0.0291. The van der Waals surface area contributed by atoms with Crippen LogP contribution in [0.4, 0.5) is 16.3 Å². The maximum Gasteiger partial charge on any atom is 0.407 e. The molecule has 6 fully saturated rings. The van der Waals surface area contributed by atoms with Crippen LogP contribution in [0.2, 0.25) is 0 Å². The maximum atomic E-state index is 11.5. The lowest BCUT2D eigenvalue weighted by atomic mass is 9.63. The third-order valence-electron chi connectivity index (χ3n) is 9.79. The fraction of sp³-hybridized carbons (Fsp3) is 0.514. The molecule has 0 atom stereocenters. The van der Waals surface area contributed by atoms with Crippen molar-refractivity contribution in [1.82, 2.24) is 19.7 Å². The highest BCUT2D eigenvalue weighted by molar-refractivity contribution is 5.99. The number of alkyl carbamates (subject to hydrolysis) is 1. The molecule has 0 unspecified atom stereocenters. The summed E-state index contributed by atoms with van der Waals surface area (Å²) in [7, 11) is 0. The highest BCUT2D eigenvalue weighted by Crippen LogP contribution is 2.58. The summed E-state index contributed by atoms with van der Waals surface area (Å²) in [6.07, 6.45) is 10.7. The third-order valence-corrected chi connectivity index (χ3v) is 9.79. The summed E-state index contributed by atoms with van der Waals surface area (Å²) >= 11 is 0. The van der Waals surface area contributed by atoms with Crippen LogP contribution in [0.15, 0.2) is 61.2 Å². The van der Waals surface area contributed by atoms with E-state index in [9.17, 15) is 9.90 Å². The molecule has 0 radical (unpaired) electrons. The van der Waals surface area contributed by atoms with Crippen molar-refractivity contribution >= 4 is 34.0 Å². The average Bonchev–Trinajstić information content (AvgIpc) is 3.83. The summed E-state index contributed by atoms with van der Waals surface area (Å²) in [5.74, 6) is 1.42. The largest absolute Gasteiger partial charge is 0.491 e. The number of nitrogens with one attached hydrogen (secondary N) is 2. The van der Waals surface area contributed by atoms with Gasteiger partial charge in [-0.3, -0.25) is 0 Å². The van der Waals surface area contributed by atoms with E-state index in [0.717, 1.165) is 66.7 Å². The molecule has 0 spiro atoms. The van der Waals surface area contributed by atoms with Crippen molar-refractivity contribution in [3.05, 3.63) is 61.2 Å². The molecule has 3 aromatic heterocycles. The average molecular weight is 645 g/mol. The van der Waals surface area contributed by atoms with Gasteiger partial charge < -0.3 is 44.8 Å². The summed E-state index contributed by atoms with van der Waals surface area (Å²) in [5.41, 5.74) is 7.21. The number of rotatable bonds is 9. The van der Waals surface area contributed by atoms with Crippen molar-refractivity contribution in [1.29, 1.82) is 0 Å². The summed E-state index contributed by atoms with van der Waals surface area (Å²) in [6.45, 7) is 8.91. The molecule has 1 aromatic carbocycles. The lowest BCUT2D eigenvalue weighted by Gasteiger charge is -2.44. The standard InChI is InChI=1S/C23H23N5O2.C12H21NO4/c24-21-18-2-1-3-19(17(18)6-7-26-21)27-13-23-11-22(12-23,15-30-23)14-29-16-4-5-20-25-8-9-28(20)10-16;1-10(2,3)17-9(15)13-6-12-4-11(5-12,7-14)8-16-12/h1-10,27H,11-15H2,(H2,24,26);14H,4-8H2,1-3H3,(H,13,15). The minimum absolute atomic E-state index is 0.0460. The first-order chi connectivity index (χ1) is 22.4. The van der Waals surface area contributed by atoms with Crippen LogP contribution < -0.4 is 21.1 Å². The second kappa shape index (κ2) is 11.5. The fourth-order valence-corrected chi connectivity index (χ4v) is 7.71. The van der Waals surface area contributed by atoms with Gasteiger partial charge in [-0.2, -0.15) is 0 Å². The predicted molar refractivity (Wildman–Crippen MR) is 177 cm³/mol. The zero-order valence-electron chi connectivity index (χ0n) is 27.3. The Morgan fingerprint density at radius 2 is 1.72 bits per heavy atom. The van der Waals surface area contributed by atoms with Gasteiger partial charge in [-0.15, -0.1) is 0 Å². The number of aromatic nitrogens is 3. The Hall–Kier alpha value is -4.13. The van der Waals surface area contributed by atoms with Crippen LogP contribution >= 0.6 is 0 Å². The number of aliphatic hydroxyl groups excluding tert-OH is 1. The quantitative estimate of drug-likeness (QED) is 0.204. The molecule has 6 aliphatic rings. The number of hydrogen-bond acceptors (Lipinski definition) is 10. The summed E-state index contributed by atoms with van der Waals surface area (Å²) in [6, 6.07) is 12.0. The number of carbonyl (C=O) groups is 1. The normalized spacial score (nSPS) is 28.6. The number of nitrogen functional groups attached to an aromatic ring is 1. The number of nitrogens with zero attached hydrogens (tertiary/aromatic N) is 3. The van der Waals surface area contributed by atoms with Gasteiger partial charge in [0.05, 0.1) is 43.8 Å². The van der Waals surface area contributed by atoms with Crippen LogP contribution in [-0.2, 0) is 14.2 Å². The monoisotopic (exact) mass is 644 g/mol. The smallest absolute Gasteiger partial charge is 0.407 e. The van der Waals surface area contributed by atoms with Gasteiger partial charge in [0.25, 0.3) is 0 Å². The number of pyridine rings is 2. The highest BCUT2D eigenvalue weighted by Gasteiger charge is 2.63. The van der Waals surface area contributed by atoms with Gasteiger partial charge in [-0.1, -0.05) is 12.1 Å². The number of hydrogen-bond donors (Lipinski definition) is 4. The number of anilines is 2. The molecule has 1 amide bonds. The van der Waals surface area contributed by atoms with Crippen LogP contribution in [0.25, 0.3) is 16.4 Å². The van der Waals surface area contributed by atoms with Gasteiger partial charge in [0.1, 0.15) is 22.8 Å². The third kappa shape index (κ3) is 6.29. The Bertz CT molecular complexity index is 1770. The zero-order chi connectivity index (χ0) is 32.9. The van der Waals surface area contributed by atoms with Gasteiger partial charge in [-0.05, 0) is 70.7 Å². The molecule has 47 heavy (non-hydrogen) atoms. The summed E-state index contributed by atoms with van der Waals surface area (Å²) in [4.78, 5) is 19.9. The van der Waals surface area contributed by atoms with E-state index in [1.807, 2.05) is 67.9 Å². The first-order valence-corrected chi connectivity index (χ1v) is 16.2. The van der Waals surface area contributed by atoms with Crippen molar-refractivity contribution in [3.8, 4) is 5.75 Å². The molecule has 12 heteroatoms. The fourth-order valence-electron chi connectivity index (χ4n) is 7.71. The Kier molecular flexibility index (Phi) is 7.72. The Labute approximate surface area is 273 Å². The van der Waals surface area contributed by atoms with E-state index >= 15 is 0 Å². The van der Waals surface area contributed by atoms with Crippen molar-refractivity contribution in [3.63, 3.8) is 0 Å². The molecule has 12 nitrogen and oxygen atoms in total. The SMILES string of the molecule is CC(C)(C)OC(=O)NCC12CC(CO)(CO1)C2.Nc1nccc2c(NCC34CC(COc5ccc6nccn6c5)(CO3)C4)cccc12. The molecule has 7 heterocycles. The van der Waals surface area contributed by atoms with E-state index in [0.29, 0.717) is 25.6 Å². The molecule has 10 rings (SSSR count). The molecule has 5 N–H and O–H groups in total. The number of carbonyl (C=O) groups excluding carboxylic acids is 1. The summed E-state index contributed by atoms with van der Waals surface area (Å²) in [5, 5.41) is 17.6. The van der Waals surface area contributed by atoms with Gasteiger partial charge in [0.2, 0.25) is 0 Å². The minimum atomic E-state index is -0.479. The van der Waals surface area contributed by atoms with Gasteiger partial charge in [0.15, 0.2) is 0 Å². The second-order valence-electron chi connectivity index (χ2n) is 15.0. The lowest BCUT2D eigenvalue weighted by Crippen LogP contribution is -2.53. The van der Waals surface area contributed by atoms with Gasteiger partial charge in [-0.25, -0.2) is 14.8 Å². The van der Waals surface area contributed by atoms with E-state index in [1.54, 1.807) is 12.4 Å². The second-order valence-corrected chi connectivity index (χ2v) is 15.0. The van der Waals surface area contributed by atoms with Crippen LogP contribution in [-0.4, -0.2) is 81.9 Å². The minimum Gasteiger partial charge on any atom is -0.491 e. The molecule has 2 aliphatic carbocycles. The van der Waals surface area contributed by atoms with Crippen LogP contribution in [0, 0.1) is 10.8 Å². The number of amides is 1. The van der Waals surface area contributed by atoms with E-state index in [1.165, 1.54) is 0 Å². The van der Waals surface area contributed by atoms with Gasteiger partial charge in [0, 0.05) is 59.0 Å². The predicted octanol–water partition coefficient (Wildman–Crippen LogP) is 4.56. The molecular weight excluding hydrogens is 600 g/mol. The number of imidazole rings is 1. The molecule has 4 aromatic rings. The van der Waals surface area contributed by atoms with E-state index in [-0.39, 0.29) is 28.6 Å². The zero-order valence-corrected chi connectivity index (χ0v) is 27.3. The molecule has 4 bridgehead atoms. The van der Waals surface area contributed by atoms with E-state index in [2.05, 4.69) is 26.7 Å². The molecular formula is C35H44N6O6. The summed E-state index contributed by atoms with van der Waals surface area (Å²) < 4.78 is 25.1. The van der Waals surface area contributed by atoms with Crippen LogP contribution in [0.1, 0.15) is 46.5 Å². The number of ether oxygens (including phenoxy) is 4. The number of aliphatic hydroxyl groups is 1. The van der Waals surface area contributed by atoms with Crippen LogP contribution in [0.3, 0.4) is 0 Å². The van der Waals surface area contributed by atoms with Crippen molar-refractivity contribution in [2.45, 2.75) is 63.3 Å². The van der Waals surface area contributed by atoms with E-state index in [4.69, 9.17) is 24.7 Å². The number of nitrogens with two attached hydrogens (primary N) is 1. The van der Waals surface area contributed by atoms with Crippen molar-refractivity contribution < 1.29 is 28.8 Å². The maximum absolute atomic E-state index is 11.5. The Morgan fingerprint density at radius 3 is 2.47 bits per heavy atom. The Balaban J connectivity index is 0.000000176. The van der Waals surface area contributed by atoms with Gasteiger partial charge >= 0.3 is 6.09 Å². The molecule has 4 saturated heterocycles. The van der Waals surface area contributed by atoms with Crippen molar-refractivity contribution in [2.75, 3.05) is 50.6 Å². The molecule has 2 saturated carbocycles. The first kappa shape index (κ1) is 31.5. The highest BCUT2D eigenvalue weighted by atomic mass is 16.6. The number of benzene rings is 1. The topological polar surface area (TPSA) is 154 Å². The van der Waals surface area contributed by atoms with E-state index < -0.39 is 11.7 Å². The molecule has 250 valence electrons. The Morgan fingerprint density at radius 1 is 0.979 bits per heavy atom. The number of fused-ring (bicyclic) bond motifs is 4. The molecule has 4 aliphatic heterocycles. The van der Waals surface area contributed by atoms with Crippen LogP contribution in [0.5, 0.6) is 5.75 Å². The van der Waals surface area contributed by atoms with Crippen molar-refractivity contribution in [2.24, 2.45) is 10.8 Å². The first-order valence-electron chi connectivity index (χ1n) is 16.2.